The summed E-state index contributed by atoms with van der Waals surface area (Å²) in [6, 6.07) is 6.39. The van der Waals surface area contributed by atoms with E-state index in [2.05, 4.69) is 0 Å². The third kappa shape index (κ3) is 1.85. The van der Waals surface area contributed by atoms with Crippen LogP contribution in [0.2, 0.25) is 0 Å². The fourth-order valence-electron chi connectivity index (χ4n) is 0.910. The molecule has 1 aromatic carbocycles. The first-order chi connectivity index (χ1) is 5.63. The zero-order valence-corrected chi connectivity index (χ0v) is 8.19. The molecule has 0 bridgehead atoms. The van der Waals surface area contributed by atoms with Crippen molar-refractivity contribution < 1.29 is 12.8 Å². The first kappa shape index (κ1) is 9.26. The van der Waals surface area contributed by atoms with Crippen LogP contribution in [0, 0.1) is 0 Å². The number of hydrogen-bond donors (Lipinski definition) is 1. The third-order valence-electron chi connectivity index (χ3n) is 1.45. The van der Waals surface area contributed by atoms with E-state index >= 15 is 0 Å². The van der Waals surface area contributed by atoms with E-state index in [1.165, 1.54) is 13.0 Å². The SMILES string of the molecule is CC(=O)c1ccccc1[Se](=O)O. The van der Waals surface area contributed by atoms with Crippen LogP contribution in [0.1, 0.15) is 17.3 Å². The number of benzene rings is 1. The Balaban J connectivity index is 3.27. The van der Waals surface area contributed by atoms with Gasteiger partial charge in [0, 0.05) is 0 Å². The van der Waals surface area contributed by atoms with Gasteiger partial charge in [-0.3, -0.25) is 0 Å². The van der Waals surface area contributed by atoms with E-state index in [0.29, 0.717) is 5.56 Å². The van der Waals surface area contributed by atoms with Gasteiger partial charge >= 0.3 is 74.0 Å². The maximum absolute atomic E-state index is 10.9. The van der Waals surface area contributed by atoms with Crippen molar-refractivity contribution in [3.63, 3.8) is 0 Å². The molecule has 1 unspecified atom stereocenters. The molecule has 0 radical (unpaired) electrons. The van der Waals surface area contributed by atoms with Crippen LogP contribution in [0.25, 0.3) is 0 Å². The monoisotopic (exact) mass is 232 g/mol. The molecule has 0 saturated carbocycles. The van der Waals surface area contributed by atoms with Gasteiger partial charge in [0.1, 0.15) is 0 Å². The van der Waals surface area contributed by atoms with E-state index in [0.717, 1.165) is 0 Å². The Morgan fingerprint density at radius 3 is 2.42 bits per heavy atom. The molecule has 1 N–H and O–H groups in total. The molecule has 4 heteroatoms. The molecule has 0 amide bonds. The van der Waals surface area contributed by atoms with Crippen LogP contribution < -0.4 is 4.46 Å². The molecule has 0 aromatic heterocycles. The van der Waals surface area contributed by atoms with Gasteiger partial charge in [-0.1, -0.05) is 0 Å². The third-order valence-corrected chi connectivity index (χ3v) is 2.99. The summed E-state index contributed by atoms with van der Waals surface area (Å²) in [4.78, 5) is 10.9. The van der Waals surface area contributed by atoms with Gasteiger partial charge in [-0.15, -0.1) is 0 Å². The molecular formula is C8H8O3Se. The molecule has 0 aliphatic heterocycles. The molecule has 1 aromatic rings. The van der Waals surface area contributed by atoms with Crippen molar-refractivity contribution in [2.75, 3.05) is 0 Å². The van der Waals surface area contributed by atoms with Gasteiger partial charge in [0.25, 0.3) is 0 Å². The number of rotatable bonds is 2. The van der Waals surface area contributed by atoms with Crippen LogP contribution >= 0.6 is 0 Å². The van der Waals surface area contributed by atoms with Crippen molar-refractivity contribution in [3.05, 3.63) is 29.8 Å². The molecule has 3 nitrogen and oxygen atoms in total. The molecule has 0 fully saturated rings. The van der Waals surface area contributed by atoms with Gasteiger partial charge in [0.05, 0.1) is 0 Å². The topological polar surface area (TPSA) is 54.4 Å². The Bertz CT molecular complexity index is 300. The zero-order valence-electron chi connectivity index (χ0n) is 6.48. The zero-order chi connectivity index (χ0) is 9.14. The first-order valence-corrected chi connectivity index (χ1v) is 5.66. The first-order valence-electron chi connectivity index (χ1n) is 3.33. The molecule has 12 heavy (non-hydrogen) atoms. The Morgan fingerprint density at radius 2 is 2.00 bits per heavy atom. The Morgan fingerprint density at radius 1 is 1.42 bits per heavy atom. The molecule has 0 aliphatic carbocycles. The van der Waals surface area contributed by atoms with E-state index < -0.39 is 14.2 Å². The number of carbonyl (C=O) groups is 1. The summed E-state index contributed by atoms with van der Waals surface area (Å²) in [6.07, 6.45) is 0. The summed E-state index contributed by atoms with van der Waals surface area (Å²) in [5.41, 5.74) is 0.347. The van der Waals surface area contributed by atoms with E-state index in [-0.39, 0.29) is 10.2 Å². The summed E-state index contributed by atoms with van der Waals surface area (Å²) < 4.78 is 19.9. The van der Waals surface area contributed by atoms with Gasteiger partial charge in [-0.05, 0) is 0 Å². The second kappa shape index (κ2) is 3.72. The molecule has 1 atom stereocenters. The number of Topliss-reactive ketones (excluding diaryl/α,β-unsaturated/α-hetero) is 1. The molecule has 0 heterocycles. The predicted octanol–water partition coefficient (Wildman–Crippen LogP) is 0.00720. The van der Waals surface area contributed by atoms with Crippen molar-refractivity contribution in [1.82, 2.24) is 0 Å². The second-order valence-electron chi connectivity index (χ2n) is 2.30. The average Bonchev–Trinajstić information content (AvgIpc) is 2.04. The molecule has 0 saturated heterocycles. The summed E-state index contributed by atoms with van der Waals surface area (Å²) in [5.74, 6) is -0.177. The fourth-order valence-corrected chi connectivity index (χ4v) is 2.16. The van der Waals surface area contributed by atoms with E-state index in [9.17, 15) is 8.63 Å². The van der Waals surface area contributed by atoms with Crippen LogP contribution in [0.4, 0.5) is 0 Å². The van der Waals surface area contributed by atoms with Crippen molar-refractivity contribution in [1.29, 1.82) is 0 Å². The van der Waals surface area contributed by atoms with E-state index in [1.54, 1.807) is 18.2 Å². The normalized spacial score (nSPS) is 12.5. The minimum absolute atomic E-state index is 0.177. The Hall–Kier alpha value is -0.831. The molecule has 1 rings (SSSR count). The van der Waals surface area contributed by atoms with Crippen LogP contribution in [-0.2, 0) is 3.83 Å². The number of carbonyl (C=O) groups excluding carboxylic acids is 1. The van der Waals surface area contributed by atoms with Crippen molar-refractivity contribution in [3.8, 4) is 0 Å². The maximum atomic E-state index is 10.9. The number of hydrogen-bond acceptors (Lipinski definition) is 2. The van der Waals surface area contributed by atoms with Crippen LogP contribution in [0.15, 0.2) is 24.3 Å². The van der Waals surface area contributed by atoms with Gasteiger partial charge < -0.3 is 0 Å². The van der Waals surface area contributed by atoms with Gasteiger partial charge in [0.15, 0.2) is 0 Å². The predicted molar refractivity (Wildman–Crippen MR) is 44.7 cm³/mol. The van der Waals surface area contributed by atoms with Crippen LogP contribution in [0.3, 0.4) is 0 Å². The minimum atomic E-state index is -2.97. The molecular weight excluding hydrogens is 223 g/mol. The van der Waals surface area contributed by atoms with E-state index in [1.807, 2.05) is 0 Å². The molecule has 0 spiro atoms. The number of ketones is 1. The standard InChI is InChI=1S/C8H8O3Se/c1-6(9)7-4-2-3-5-8(7)12(10)11/h2-5H,1H3,(H,10,11). The van der Waals surface area contributed by atoms with Gasteiger partial charge in [-0.25, -0.2) is 0 Å². The molecule has 0 aliphatic rings. The van der Waals surface area contributed by atoms with Gasteiger partial charge in [-0.2, -0.15) is 0 Å². The summed E-state index contributed by atoms with van der Waals surface area (Å²) in [7, 11) is 0. The molecule has 64 valence electrons. The van der Waals surface area contributed by atoms with Crippen molar-refractivity contribution in [2.45, 2.75) is 6.92 Å². The van der Waals surface area contributed by atoms with Crippen molar-refractivity contribution >= 4 is 24.4 Å². The van der Waals surface area contributed by atoms with Gasteiger partial charge in [0.2, 0.25) is 0 Å². The fraction of sp³-hybridized carbons (Fsp3) is 0.125. The van der Waals surface area contributed by atoms with Crippen LogP contribution in [-0.4, -0.2) is 24.1 Å². The summed E-state index contributed by atoms with van der Waals surface area (Å²) in [6.45, 7) is 1.38. The van der Waals surface area contributed by atoms with E-state index in [4.69, 9.17) is 4.19 Å². The summed E-state index contributed by atoms with van der Waals surface area (Å²) in [5, 5.41) is 0. The van der Waals surface area contributed by atoms with Crippen LogP contribution in [0.5, 0.6) is 0 Å². The van der Waals surface area contributed by atoms with Crippen molar-refractivity contribution in [2.24, 2.45) is 0 Å². The Labute approximate surface area is 74.4 Å². The summed E-state index contributed by atoms with van der Waals surface area (Å²) >= 11 is -2.97. The quantitative estimate of drug-likeness (QED) is 0.576. The Kier molecular flexibility index (Phi) is 2.87. The second-order valence-corrected chi connectivity index (χ2v) is 4.27. The average molecular weight is 231 g/mol.